The van der Waals surface area contributed by atoms with Gasteiger partial charge in [-0.2, -0.15) is 0 Å². The Balaban J connectivity index is 2.93. The smallest absolute Gasteiger partial charge is 0.305 e. The van der Waals surface area contributed by atoms with Crippen LogP contribution in [0.25, 0.3) is 0 Å². The van der Waals surface area contributed by atoms with Gasteiger partial charge in [0.25, 0.3) is 0 Å². The Bertz CT molecular complexity index is 578. The van der Waals surface area contributed by atoms with Gasteiger partial charge in [-0.3, -0.25) is 4.79 Å². The van der Waals surface area contributed by atoms with E-state index >= 15 is 0 Å². The molecular formula is C30H56O6. The minimum Gasteiger partial charge on any atom is -0.466 e. The lowest BCUT2D eigenvalue weighted by Gasteiger charge is -2.37. The molecule has 6 nitrogen and oxygen atoms in total. The molecule has 36 heavy (non-hydrogen) atoms. The van der Waals surface area contributed by atoms with E-state index in [0.29, 0.717) is 45.4 Å². The third kappa shape index (κ3) is 11.2. The van der Waals surface area contributed by atoms with Crippen LogP contribution in [0.5, 0.6) is 0 Å². The third-order valence-electron chi connectivity index (χ3n) is 7.14. The zero-order chi connectivity index (χ0) is 26.7. The summed E-state index contributed by atoms with van der Waals surface area (Å²) in [6.07, 6.45) is 16.5. The topological polar surface area (TPSA) is 63.2 Å². The van der Waals surface area contributed by atoms with Crippen LogP contribution in [0.2, 0.25) is 0 Å². The first-order valence-electron chi connectivity index (χ1n) is 14.9. The van der Waals surface area contributed by atoms with Crippen LogP contribution in [-0.2, 0) is 28.5 Å². The largest absolute Gasteiger partial charge is 0.466 e. The van der Waals surface area contributed by atoms with Gasteiger partial charge < -0.3 is 23.7 Å². The summed E-state index contributed by atoms with van der Waals surface area (Å²) in [4.78, 5) is 11.6. The lowest BCUT2D eigenvalue weighted by Crippen LogP contribution is -2.41. The van der Waals surface area contributed by atoms with Gasteiger partial charge in [0.1, 0.15) is 0 Å². The lowest BCUT2D eigenvalue weighted by atomic mass is 9.86. The fourth-order valence-corrected chi connectivity index (χ4v) is 5.60. The molecule has 1 aliphatic carbocycles. The number of hydrogen-bond donors (Lipinski definition) is 0. The normalized spacial score (nSPS) is 19.8. The van der Waals surface area contributed by atoms with Crippen LogP contribution < -0.4 is 0 Å². The van der Waals surface area contributed by atoms with E-state index in [9.17, 15) is 4.79 Å². The van der Waals surface area contributed by atoms with Crippen LogP contribution in [0.15, 0.2) is 12.2 Å². The van der Waals surface area contributed by atoms with Gasteiger partial charge in [-0.1, -0.05) is 45.1 Å². The summed E-state index contributed by atoms with van der Waals surface area (Å²) in [5, 5.41) is 0. The molecular weight excluding hydrogens is 456 g/mol. The number of esters is 1. The Morgan fingerprint density at radius 2 is 1.50 bits per heavy atom. The van der Waals surface area contributed by atoms with Crippen molar-refractivity contribution in [3.63, 3.8) is 0 Å². The van der Waals surface area contributed by atoms with E-state index in [2.05, 4.69) is 32.9 Å². The maximum absolute atomic E-state index is 11.6. The van der Waals surface area contributed by atoms with Crippen molar-refractivity contribution in [3.05, 3.63) is 12.2 Å². The first-order valence-corrected chi connectivity index (χ1v) is 14.9. The number of rotatable bonds is 22. The summed E-state index contributed by atoms with van der Waals surface area (Å²) in [5.74, 6) is -0.620. The molecule has 1 aliphatic rings. The Kier molecular flexibility index (Phi) is 17.6. The predicted octanol–water partition coefficient (Wildman–Crippen LogP) is 7.59. The number of hydrogen-bond acceptors (Lipinski definition) is 6. The van der Waals surface area contributed by atoms with E-state index in [4.69, 9.17) is 23.7 Å². The predicted molar refractivity (Wildman–Crippen MR) is 146 cm³/mol. The summed E-state index contributed by atoms with van der Waals surface area (Å²) in [5.41, 5.74) is 0. The van der Waals surface area contributed by atoms with Crippen molar-refractivity contribution in [2.24, 2.45) is 11.8 Å². The molecule has 0 aliphatic heterocycles. The van der Waals surface area contributed by atoms with Gasteiger partial charge in [-0.25, -0.2) is 0 Å². The van der Waals surface area contributed by atoms with Gasteiger partial charge >= 0.3 is 5.97 Å². The molecule has 0 amide bonds. The Morgan fingerprint density at radius 1 is 0.833 bits per heavy atom. The Morgan fingerprint density at radius 3 is 2.08 bits per heavy atom. The second-order valence-electron chi connectivity index (χ2n) is 9.74. The van der Waals surface area contributed by atoms with E-state index in [1.165, 1.54) is 12.8 Å². The molecule has 0 saturated heterocycles. The maximum Gasteiger partial charge on any atom is 0.305 e. The minimum absolute atomic E-state index is 0.0868. The quantitative estimate of drug-likeness (QED) is 0.0644. The van der Waals surface area contributed by atoms with Crippen LogP contribution in [0.3, 0.4) is 0 Å². The summed E-state index contributed by atoms with van der Waals surface area (Å²) < 4.78 is 30.1. The Labute approximate surface area is 221 Å². The van der Waals surface area contributed by atoms with Crippen LogP contribution in [0.4, 0.5) is 0 Å². The van der Waals surface area contributed by atoms with Crippen molar-refractivity contribution in [2.75, 3.05) is 33.0 Å². The number of allylic oxidation sites excluding steroid dienone is 1. The van der Waals surface area contributed by atoms with E-state index in [1.54, 1.807) is 0 Å². The molecule has 0 heterocycles. The van der Waals surface area contributed by atoms with Crippen LogP contribution in [-0.4, -0.2) is 50.6 Å². The van der Waals surface area contributed by atoms with Crippen molar-refractivity contribution in [1.29, 1.82) is 0 Å². The molecule has 0 radical (unpaired) electrons. The highest BCUT2D eigenvalue weighted by molar-refractivity contribution is 5.69. The molecule has 0 bridgehead atoms. The average molecular weight is 513 g/mol. The molecule has 6 heteroatoms. The molecule has 212 valence electrons. The molecule has 0 N–H and O–H groups in total. The minimum atomic E-state index is -0.654. The van der Waals surface area contributed by atoms with Crippen molar-refractivity contribution in [1.82, 2.24) is 0 Å². The van der Waals surface area contributed by atoms with E-state index in [-0.39, 0.29) is 11.9 Å². The number of unbranched alkanes of at least 4 members (excludes halogenated alkanes) is 5. The monoisotopic (exact) mass is 512 g/mol. The number of carbonyl (C=O) groups excluding carboxylic acids is 1. The highest BCUT2D eigenvalue weighted by Gasteiger charge is 2.49. The molecule has 0 spiro atoms. The summed E-state index contributed by atoms with van der Waals surface area (Å²) >= 11 is 0. The highest BCUT2D eigenvalue weighted by atomic mass is 16.7. The first kappa shape index (κ1) is 33.1. The van der Waals surface area contributed by atoms with E-state index in [1.807, 2.05) is 20.8 Å². The molecule has 1 rings (SSSR count). The van der Waals surface area contributed by atoms with Gasteiger partial charge in [-0.05, 0) is 72.3 Å². The zero-order valence-corrected chi connectivity index (χ0v) is 24.3. The van der Waals surface area contributed by atoms with Crippen molar-refractivity contribution in [3.8, 4) is 0 Å². The van der Waals surface area contributed by atoms with Crippen molar-refractivity contribution in [2.45, 2.75) is 130 Å². The summed E-state index contributed by atoms with van der Waals surface area (Å²) in [7, 11) is 0. The van der Waals surface area contributed by atoms with Gasteiger partial charge in [0.05, 0.1) is 6.61 Å². The van der Waals surface area contributed by atoms with E-state index in [0.717, 1.165) is 57.8 Å². The summed E-state index contributed by atoms with van der Waals surface area (Å²) in [6, 6.07) is 0. The molecule has 0 aromatic rings. The maximum atomic E-state index is 11.6. The van der Waals surface area contributed by atoms with Crippen LogP contribution in [0, 0.1) is 11.8 Å². The van der Waals surface area contributed by atoms with E-state index < -0.39 is 11.6 Å². The third-order valence-corrected chi connectivity index (χ3v) is 7.14. The zero-order valence-electron chi connectivity index (χ0n) is 24.3. The second kappa shape index (κ2) is 19.2. The van der Waals surface area contributed by atoms with Gasteiger partial charge in [-0.15, -0.1) is 0 Å². The molecule has 0 aromatic carbocycles. The molecule has 0 aromatic heterocycles. The Hall–Kier alpha value is -0.950. The van der Waals surface area contributed by atoms with Gasteiger partial charge in [0.15, 0.2) is 11.6 Å². The van der Waals surface area contributed by atoms with Crippen molar-refractivity contribution < 1.29 is 28.5 Å². The van der Waals surface area contributed by atoms with Gasteiger partial charge in [0.2, 0.25) is 0 Å². The fourth-order valence-electron chi connectivity index (χ4n) is 5.60. The van der Waals surface area contributed by atoms with Crippen LogP contribution >= 0.6 is 0 Å². The van der Waals surface area contributed by atoms with Gasteiger partial charge in [0, 0.05) is 51.6 Å². The first-order chi connectivity index (χ1) is 17.5. The molecule has 2 atom stereocenters. The second-order valence-corrected chi connectivity index (χ2v) is 9.74. The average Bonchev–Trinajstić information content (AvgIpc) is 3.18. The molecule has 1 fully saturated rings. The highest BCUT2D eigenvalue weighted by Crippen LogP contribution is 2.47. The van der Waals surface area contributed by atoms with Crippen LogP contribution in [0.1, 0.15) is 119 Å². The number of ether oxygens (including phenoxy) is 5. The fraction of sp³-hybridized carbons (Fsp3) is 0.900. The number of carbonyl (C=O) groups is 1. The molecule has 1 saturated carbocycles. The standard InChI is InChI=1S/C30H56O6/c1-7-13-18-23-29(33-9-3,34-10-4)24-21-26-22-25-30(35-11-5,36-12-6)27(26)19-16-14-15-17-20-28(31)32-8-2/h21,24,26-27H,7-20,22-23,25H2,1-6H3/t26-,27+/m0/s1. The molecule has 0 unspecified atom stereocenters. The SMILES string of the molecule is CCCCCC(C=C[C@H]1CCC(OCC)(OCC)[C@@H]1CCCCCCC(=O)OCC)(OCC)OCC. The summed E-state index contributed by atoms with van der Waals surface area (Å²) in [6.45, 7) is 15.3. The lowest BCUT2D eigenvalue weighted by molar-refractivity contribution is -0.256. The van der Waals surface area contributed by atoms with Crippen molar-refractivity contribution >= 4 is 5.97 Å².